The molecule has 0 radical (unpaired) electrons. The van der Waals surface area contributed by atoms with Crippen molar-refractivity contribution in [2.45, 2.75) is 25.3 Å². The van der Waals surface area contributed by atoms with Gasteiger partial charge in [0.1, 0.15) is 5.69 Å². The number of aryl methyl sites for hydroxylation is 1. The number of carbonyl (C=O) groups excluding carboxylic acids is 2. The normalized spacial score (nSPS) is 25.2. The molecule has 1 N–H and O–H groups in total. The minimum Gasteiger partial charge on any atom is -0.348 e. The highest BCUT2D eigenvalue weighted by molar-refractivity contribution is 7.07. The summed E-state index contributed by atoms with van der Waals surface area (Å²) in [4.78, 5) is 34.9. The second-order valence-electron chi connectivity index (χ2n) is 7.04. The van der Waals surface area contributed by atoms with Crippen molar-refractivity contribution in [2.75, 3.05) is 13.1 Å². The van der Waals surface area contributed by atoms with Crippen LogP contribution in [0.3, 0.4) is 0 Å². The number of rotatable bonds is 4. The fraction of sp³-hybridized carbons (Fsp3) is 0.529. The molecule has 1 saturated heterocycles. The van der Waals surface area contributed by atoms with E-state index in [0.29, 0.717) is 24.0 Å². The maximum atomic E-state index is 12.4. The van der Waals surface area contributed by atoms with Gasteiger partial charge in [-0.15, -0.1) is 11.3 Å². The third kappa shape index (κ3) is 3.44. The molecule has 2 atom stereocenters. The van der Waals surface area contributed by atoms with E-state index in [1.54, 1.807) is 22.6 Å². The topological polar surface area (TPSA) is 80.1 Å². The Morgan fingerprint density at radius 3 is 2.64 bits per heavy atom. The quantitative estimate of drug-likeness (QED) is 0.886. The van der Waals surface area contributed by atoms with Gasteiger partial charge in [-0.3, -0.25) is 9.59 Å². The Kier molecular flexibility index (Phi) is 4.29. The van der Waals surface area contributed by atoms with E-state index in [9.17, 15) is 9.59 Å². The van der Waals surface area contributed by atoms with E-state index < -0.39 is 0 Å². The van der Waals surface area contributed by atoms with Crippen molar-refractivity contribution in [3.05, 3.63) is 34.8 Å². The molecule has 2 amide bonds. The van der Waals surface area contributed by atoms with Gasteiger partial charge in [0, 0.05) is 37.8 Å². The van der Waals surface area contributed by atoms with Gasteiger partial charge in [0.15, 0.2) is 0 Å². The first-order valence-electron chi connectivity index (χ1n) is 8.52. The van der Waals surface area contributed by atoms with E-state index in [2.05, 4.69) is 15.3 Å². The van der Waals surface area contributed by atoms with Crippen molar-refractivity contribution in [3.63, 3.8) is 0 Å². The maximum Gasteiger partial charge on any atom is 0.271 e. The van der Waals surface area contributed by atoms with Gasteiger partial charge in [-0.1, -0.05) is 0 Å². The van der Waals surface area contributed by atoms with E-state index in [-0.39, 0.29) is 17.9 Å². The third-order valence-corrected chi connectivity index (χ3v) is 5.83. The number of likely N-dealkylation sites (tertiary alicyclic amines) is 1. The number of hydrogen-bond acceptors (Lipinski definition) is 5. The van der Waals surface area contributed by atoms with Gasteiger partial charge in [-0.2, -0.15) is 0 Å². The molecule has 7 nitrogen and oxygen atoms in total. The van der Waals surface area contributed by atoms with E-state index in [4.69, 9.17) is 0 Å². The molecule has 2 aromatic rings. The lowest BCUT2D eigenvalue weighted by Gasteiger charge is -2.19. The molecule has 25 heavy (non-hydrogen) atoms. The predicted molar refractivity (Wildman–Crippen MR) is 93.1 cm³/mol. The number of amides is 2. The van der Waals surface area contributed by atoms with E-state index in [0.717, 1.165) is 31.6 Å². The molecule has 2 aliphatic rings. The molecule has 8 heteroatoms. The molecular formula is C17H21N5O2S. The summed E-state index contributed by atoms with van der Waals surface area (Å²) in [6, 6.07) is 0.181. The van der Waals surface area contributed by atoms with Crippen LogP contribution in [-0.2, 0) is 18.3 Å². The SMILES string of the molecule is Cn1cnc(C(=O)NC2CC3CN(C(=O)Cc4cscn4)CC3C2)c1. The van der Waals surface area contributed by atoms with Gasteiger partial charge in [-0.05, 0) is 24.7 Å². The van der Waals surface area contributed by atoms with Crippen LogP contribution in [0.4, 0.5) is 0 Å². The maximum absolute atomic E-state index is 12.4. The van der Waals surface area contributed by atoms with Crippen molar-refractivity contribution < 1.29 is 9.59 Å². The largest absolute Gasteiger partial charge is 0.348 e. The van der Waals surface area contributed by atoms with Crippen molar-refractivity contribution in [2.24, 2.45) is 18.9 Å². The molecule has 2 fully saturated rings. The van der Waals surface area contributed by atoms with Crippen LogP contribution in [0.2, 0.25) is 0 Å². The summed E-state index contributed by atoms with van der Waals surface area (Å²) in [5, 5.41) is 5.02. The predicted octanol–water partition coefficient (Wildman–Crippen LogP) is 1.09. The van der Waals surface area contributed by atoms with Crippen molar-refractivity contribution in [1.82, 2.24) is 24.8 Å². The summed E-state index contributed by atoms with van der Waals surface area (Å²) in [5.74, 6) is 1.01. The lowest BCUT2D eigenvalue weighted by atomic mass is 10.0. The minimum atomic E-state index is -0.109. The highest BCUT2D eigenvalue weighted by Gasteiger charge is 2.42. The van der Waals surface area contributed by atoms with Gasteiger partial charge in [0.2, 0.25) is 5.91 Å². The number of hydrogen-bond donors (Lipinski definition) is 1. The summed E-state index contributed by atoms with van der Waals surface area (Å²) >= 11 is 1.52. The van der Waals surface area contributed by atoms with Gasteiger partial charge in [0.25, 0.3) is 5.91 Å². The van der Waals surface area contributed by atoms with E-state index >= 15 is 0 Å². The first kappa shape index (κ1) is 16.3. The lowest BCUT2D eigenvalue weighted by Crippen LogP contribution is -2.36. The molecular weight excluding hydrogens is 338 g/mol. The third-order valence-electron chi connectivity index (χ3n) is 5.19. The minimum absolute atomic E-state index is 0.109. The molecule has 1 saturated carbocycles. The van der Waals surface area contributed by atoms with Gasteiger partial charge < -0.3 is 14.8 Å². The average molecular weight is 359 g/mol. The molecule has 0 spiro atoms. The smallest absolute Gasteiger partial charge is 0.271 e. The summed E-state index contributed by atoms with van der Waals surface area (Å²) in [5.41, 5.74) is 3.07. The van der Waals surface area contributed by atoms with Crippen LogP contribution in [0.1, 0.15) is 29.0 Å². The summed E-state index contributed by atoms with van der Waals surface area (Å²) in [6.45, 7) is 1.59. The van der Waals surface area contributed by atoms with Crippen LogP contribution in [-0.4, -0.2) is 50.4 Å². The standard InChI is InChI=1S/C17H21N5O2S/c1-21-7-15(18-9-21)17(24)20-13-2-11-5-22(6-12(11)3-13)16(23)4-14-8-25-10-19-14/h7-13H,2-6H2,1H3,(H,20,24). The average Bonchev–Trinajstić information content (AvgIpc) is 3.30. The van der Waals surface area contributed by atoms with Crippen LogP contribution in [0.25, 0.3) is 0 Å². The zero-order valence-corrected chi connectivity index (χ0v) is 14.9. The molecule has 1 aliphatic heterocycles. The second-order valence-corrected chi connectivity index (χ2v) is 7.76. The van der Waals surface area contributed by atoms with Crippen molar-refractivity contribution in [3.8, 4) is 0 Å². The number of imidazole rings is 1. The lowest BCUT2D eigenvalue weighted by molar-refractivity contribution is -0.129. The molecule has 2 unspecified atom stereocenters. The van der Waals surface area contributed by atoms with Gasteiger partial charge >= 0.3 is 0 Å². The highest BCUT2D eigenvalue weighted by atomic mass is 32.1. The first-order chi connectivity index (χ1) is 12.1. The summed E-state index contributed by atoms with van der Waals surface area (Å²) < 4.78 is 1.77. The molecule has 3 heterocycles. The highest BCUT2D eigenvalue weighted by Crippen LogP contribution is 2.38. The van der Waals surface area contributed by atoms with E-state index in [1.165, 1.54) is 11.3 Å². The van der Waals surface area contributed by atoms with E-state index in [1.807, 2.05) is 17.3 Å². The summed E-state index contributed by atoms with van der Waals surface area (Å²) in [7, 11) is 1.85. The van der Waals surface area contributed by atoms with Crippen LogP contribution < -0.4 is 5.32 Å². The number of aromatic nitrogens is 3. The monoisotopic (exact) mass is 359 g/mol. The Bertz CT molecular complexity index is 758. The van der Waals surface area contributed by atoms with Crippen LogP contribution in [0.5, 0.6) is 0 Å². The first-order valence-corrected chi connectivity index (χ1v) is 9.46. The van der Waals surface area contributed by atoms with Crippen molar-refractivity contribution in [1.29, 1.82) is 0 Å². The van der Waals surface area contributed by atoms with Crippen LogP contribution in [0, 0.1) is 11.8 Å². The number of nitrogens with one attached hydrogen (secondary N) is 1. The zero-order chi connectivity index (χ0) is 17.4. The fourth-order valence-corrected chi connectivity index (χ4v) is 4.56. The number of thiazole rings is 1. The molecule has 0 aromatic carbocycles. The Labute approximate surface area is 150 Å². The van der Waals surface area contributed by atoms with Crippen LogP contribution in [0.15, 0.2) is 23.4 Å². The Morgan fingerprint density at radius 2 is 2.04 bits per heavy atom. The van der Waals surface area contributed by atoms with Gasteiger partial charge in [0.05, 0.1) is 24.0 Å². The number of nitrogens with zero attached hydrogens (tertiary/aromatic N) is 4. The number of carbonyl (C=O) groups is 2. The molecule has 4 rings (SSSR count). The fourth-order valence-electron chi connectivity index (χ4n) is 4.00. The molecule has 1 aliphatic carbocycles. The Balaban J connectivity index is 1.29. The summed E-state index contributed by atoms with van der Waals surface area (Å²) in [6.07, 6.45) is 5.62. The van der Waals surface area contributed by atoms with Crippen molar-refractivity contribution >= 4 is 23.2 Å². The Hall–Kier alpha value is -2.22. The molecule has 132 valence electrons. The molecule has 0 bridgehead atoms. The van der Waals surface area contributed by atoms with Crippen LogP contribution >= 0.6 is 11.3 Å². The number of fused-ring (bicyclic) bond motifs is 1. The molecule has 2 aromatic heterocycles. The van der Waals surface area contributed by atoms with Gasteiger partial charge in [-0.25, -0.2) is 9.97 Å². The second kappa shape index (κ2) is 6.59. The Morgan fingerprint density at radius 1 is 1.28 bits per heavy atom. The zero-order valence-electron chi connectivity index (χ0n) is 14.1.